The van der Waals surface area contributed by atoms with Gasteiger partial charge in [0, 0.05) is 0 Å². The molecule has 0 aromatic carbocycles. The van der Waals surface area contributed by atoms with Crippen LogP contribution < -0.4 is 80.9 Å². The monoisotopic (exact) mass is 310 g/mol. The van der Waals surface area contributed by atoms with E-state index in [1.54, 1.807) is 0 Å². The number of hydrogen-bond acceptors (Lipinski definition) is 4. The van der Waals surface area contributed by atoms with Crippen LogP contribution in [0.4, 0.5) is 0 Å². The summed E-state index contributed by atoms with van der Waals surface area (Å²) in [4.78, 5) is 16.5. The van der Waals surface area contributed by atoms with Crippen LogP contribution in [-0.2, 0) is 18.7 Å². The van der Waals surface area contributed by atoms with Crippen molar-refractivity contribution in [2.24, 2.45) is 0 Å². The van der Waals surface area contributed by atoms with Crippen molar-refractivity contribution in [3.63, 3.8) is 0 Å². The van der Waals surface area contributed by atoms with E-state index < -0.39 is 17.9 Å². The van der Waals surface area contributed by atoms with Gasteiger partial charge in [-0.3, -0.25) is 0 Å². The van der Waals surface area contributed by atoms with Crippen molar-refractivity contribution >= 4 is 17.9 Å². The molecule has 90 valence electrons. The van der Waals surface area contributed by atoms with E-state index in [-0.39, 0.29) is 89.5 Å². The van der Waals surface area contributed by atoms with Crippen LogP contribution in [0.1, 0.15) is 35.5 Å². The van der Waals surface area contributed by atoms with Gasteiger partial charge >= 0.3 is 88.8 Å². The fourth-order valence-electron chi connectivity index (χ4n) is 0.891. The van der Waals surface area contributed by atoms with E-state index in [1.165, 1.54) is 0 Å². The smallest absolute Gasteiger partial charge is 1.00 e. The molecule has 0 spiro atoms. The predicted octanol–water partition coefficient (Wildman–Crippen LogP) is -4.76. The number of hydrogen-bond donors (Lipinski definition) is 2. The van der Waals surface area contributed by atoms with Gasteiger partial charge in [-0.15, -0.1) is 0 Å². The first-order chi connectivity index (χ1) is 6.27. The van der Waals surface area contributed by atoms with Gasteiger partial charge in [-0.25, -0.2) is 4.57 Å². The molecule has 0 saturated heterocycles. The first-order valence-corrected chi connectivity index (χ1v) is 7.37. The molecule has 0 aliphatic carbocycles. The van der Waals surface area contributed by atoms with Crippen LogP contribution >= 0.6 is 7.82 Å². The SMILES string of the molecule is CCCCCCS(=O)(=O)OP(=O)(O)O.[H-].[H-].[K+].[Na+]. The topological polar surface area (TPSA) is 101 Å². The second-order valence-electron chi connectivity index (χ2n) is 2.89. The molecular weight excluding hydrogens is 293 g/mol. The maximum atomic E-state index is 10.9. The molecule has 0 heterocycles. The standard InChI is InChI=1S/C6H15O6PS.K.Na.2H/c1-2-3-4-5-6-14(10,11)12-13(7,8)9;;;;/h2-6H2,1H3,(H2,7,8,9);;;;/q;2*+1;2*-1. The molecule has 6 nitrogen and oxygen atoms in total. The average Bonchev–Trinajstić information content (AvgIpc) is 1.93. The molecule has 2 N–H and O–H groups in total. The first-order valence-electron chi connectivity index (χ1n) is 4.26. The van der Waals surface area contributed by atoms with Gasteiger partial charge in [-0.05, 0) is 6.42 Å². The van der Waals surface area contributed by atoms with Crippen molar-refractivity contribution in [2.45, 2.75) is 32.6 Å². The van der Waals surface area contributed by atoms with Crippen LogP contribution in [0.3, 0.4) is 0 Å². The summed E-state index contributed by atoms with van der Waals surface area (Å²) in [6.45, 7) is 1.97. The average molecular weight is 310 g/mol. The molecule has 0 fully saturated rings. The Labute approximate surface area is 164 Å². The molecule has 10 heteroatoms. The van der Waals surface area contributed by atoms with Gasteiger partial charge in [-0.2, -0.15) is 12.4 Å². The van der Waals surface area contributed by atoms with Gasteiger partial charge in [0.25, 0.3) is 10.1 Å². The molecule has 0 bridgehead atoms. The zero-order chi connectivity index (χ0) is 11.2. The van der Waals surface area contributed by atoms with Crippen LogP contribution in [0.5, 0.6) is 0 Å². The fourth-order valence-corrected chi connectivity index (χ4v) is 2.93. The second-order valence-corrected chi connectivity index (χ2v) is 5.99. The van der Waals surface area contributed by atoms with Crippen LogP contribution in [0, 0.1) is 0 Å². The summed E-state index contributed by atoms with van der Waals surface area (Å²) in [6.07, 6.45) is 2.92. The summed E-state index contributed by atoms with van der Waals surface area (Å²) in [5.41, 5.74) is 0. The molecule has 16 heavy (non-hydrogen) atoms. The number of rotatable bonds is 7. The van der Waals surface area contributed by atoms with Crippen molar-refractivity contribution in [1.29, 1.82) is 0 Å². The summed E-state index contributed by atoms with van der Waals surface area (Å²) < 4.78 is 35.7. The third-order valence-electron chi connectivity index (χ3n) is 1.46. The minimum Gasteiger partial charge on any atom is -1.00 e. The van der Waals surface area contributed by atoms with Crippen LogP contribution in [-0.4, -0.2) is 24.0 Å². The third kappa shape index (κ3) is 16.7. The van der Waals surface area contributed by atoms with Gasteiger partial charge < -0.3 is 12.6 Å². The minimum absolute atomic E-state index is 0. The third-order valence-corrected chi connectivity index (χ3v) is 3.93. The fraction of sp³-hybridized carbons (Fsp3) is 1.00. The first kappa shape index (κ1) is 23.8. The Morgan fingerprint density at radius 2 is 1.75 bits per heavy atom. The normalized spacial score (nSPS) is 11.4. The maximum absolute atomic E-state index is 10.9. The van der Waals surface area contributed by atoms with E-state index in [4.69, 9.17) is 9.79 Å². The van der Waals surface area contributed by atoms with Crippen molar-refractivity contribution in [1.82, 2.24) is 0 Å². The molecule has 0 aliphatic rings. The summed E-state index contributed by atoms with van der Waals surface area (Å²) in [5, 5.41) is 0. The largest absolute Gasteiger partial charge is 1.00 e. The molecular formula is C6H17KNaO6PS. The minimum atomic E-state index is -4.93. The summed E-state index contributed by atoms with van der Waals surface area (Å²) in [5.74, 6) is -0.349. The van der Waals surface area contributed by atoms with Crippen LogP contribution in [0.15, 0.2) is 0 Å². The Hall–Kier alpha value is 2.70. The maximum Gasteiger partial charge on any atom is 1.00 e. The van der Waals surface area contributed by atoms with Gasteiger partial charge in [0.15, 0.2) is 0 Å². The molecule has 0 aliphatic heterocycles. The molecule has 0 rings (SSSR count). The van der Waals surface area contributed by atoms with Gasteiger partial charge in [0.05, 0.1) is 5.75 Å². The van der Waals surface area contributed by atoms with E-state index in [9.17, 15) is 13.0 Å². The van der Waals surface area contributed by atoms with E-state index in [2.05, 4.69) is 3.97 Å². The Bertz CT molecular complexity index is 311. The van der Waals surface area contributed by atoms with Gasteiger partial charge in [0.1, 0.15) is 0 Å². The van der Waals surface area contributed by atoms with Crippen LogP contribution in [0.2, 0.25) is 0 Å². The second kappa shape index (κ2) is 11.5. The molecule has 0 atom stereocenters. The Balaban J connectivity index is -0.000000141. The molecule has 0 aromatic heterocycles. The van der Waals surface area contributed by atoms with Crippen molar-refractivity contribution in [2.75, 3.05) is 5.75 Å². The zero-order valence-electron chi connectivity index (χ0n) is 11.9. The van der Waals surface area contributed by atoms with Crippen molar-refractivity contribution in [3.8, 4) is 0 Å². The summed E-state index contributed by atoms with van der Waals surface area (Å²) in [6, 6.07) is 0. The summed E-state index contributed by atoms with van der Waals surface area (Å²) in [7, 11) is -9.01. The van der Waals surface area contributed by atoms with E-state index in [0.717, 1.165) is 12.8 Å². The van der Waals surface area contributed by atoms with E-state index in [1.807, 2.05) is 6.92 Å². The van der Waals surface area contributed by atoms with Gasteiger partial charge in [0.2, 0.25) is 0 Å². The summed E-state index contributed by atoms with van der Waals surface area (Å²) >= 11 is 0. The number of phosphoric acid groups is 1. The van der Waals surface area contributed by atoms with E-state index in [0.29, 0.717) is 12.8 Å². The van der Waals surface area contributed by atoms with Crippen LogP contribution in [0.25, 0.3) is 0 Å². The van der Waals surface area contributed by atoms with Gasteiger partial charge in [-0.1, -0.05) is 26.2 Å². The predicted molar refractivity (Wildman–Crippen MR) is 53.3 cm³/mol. The molecule has 0 saturated carbocycles. The quantitative estimate of drug-likeness (QED) is 0.278. The number of unbranched alkanes of at least 4 members (excludes halogenated alkanes) is 3. The Morgan fingerprint density at radius 1 is 1.25 bits per heavy atom. The van der Waals surface area contributed by atoms with Crippen molar-refractivity contribution < 1.29 is 111 Å². The Kier molecular flexibility index (Phi) is 17.1. The van der Waals surface area contributed by atoms with Crippen molar-refractivity contribution in [3.05, 3.63) is 0 Å². The Morgan fingerprint density at radius 3 is 2.12 bits per heavy atom. The molecule has 0 amide bonds. The molecule has 0 unspecified atom stereocenters. The molecule has 0 aromatic rings. The van der Waals surface area contributed by atoms with E-state index >= 15 is 0 Å². The zero-order valence-corrected chi connectivity index (χ0v) is 16.8. The molecule has 0 radical (unpaired) electrons.